The Balaban J connectivity index is 1.23. The molecule has 1 atom stereocenters. The van der Waals surface area contributed by atoms with Crippen LogP contribution >= 0.6 is 0 Å². The molecule has 0 radical (unpaired) electrons. The number of hydrogen-bond donors (Lipinski definition) is 0. The third kappa shape index (κ3) is 5.16. The maximum Gasteiger partial charge on any atom is 0.0540 e. The second-order valence-corrected chi connectivity index (χ2v) is 15.4. The Morgan fingerprint density at radius 2 is 0.877 bits per heavy atom. The van der Waals surface area contributed by atoms with Gasteiger partial charge in [-0.2, -0.15) is 0 Å². The van der Waals surface area contributed by atoms with Gasteiger partial charge in [-0.25, -0.2) is 0 Å². The van der Waals surface area contributed by atoms with E-state index in [1.165, 1.54) is 82.4 Å². The van der Waals surface area contributed by atoms with Gasteiger partial charge in [0.05, 0.1) is 5.69 Å². The highest BCUT2D eigenvalue weighted by Crippen LogP contribution is 2.54. The Bertz CT molecular complexity index is 3120. The number of benzene rings is 10. The van der Waals surface area contributed by atoms with Gasteiger partial charge in [-0.3, -0.25) is 0 Å². The van der Waals surface area contributed by atoms with Crippen molar-refractivity contribution in [1.82, 2.24) is 0 Å². The molecular formula is C56H39N. The summed E-state index contributed by atoms with van der Waals surface area (Å²) in [5.74, 6) is 0. The second kappa shape index (κ2) is 13.2. The zero-order valence-corrected chi connectivity index (χ0v) is 31.7. The molecule has 0 heterocycles. The molecule has 0 fully saturated rings. The molecule has 0 N–H and O–H groups in total. The molecule has 1 aliphatic rings. The standard InChI is InChI=1S/C56H39N/c1-56(41-24-9-4-10-25-41)51-30-16-15-28-47(51)48-35-33-43(37-52(48)56)57(53-31-17-23-38-18-11-12-26-44(38)53)42-32-34-46-45-27-13-14-29-49(45)54(39-19-5-2-6-20-39)55(50(46)36-42)40-21-7-3-8-22-40/h2-37H,1H3. The van der Waals surface area contributed by atoms with E-state index in [1.807, 2.05) is 0 Å². The van der Waals surface area contributed by atoms with Gasteiger partial charge in [0.25, 0.3) is 0 Å². The summed E-state index contributed by atoms with van der Waals surface area (Å²) in [6.45, 7) is 2.40. The van der Waals surface area contributed by atoms with Gasteiger partial charge in [0.15, 0.2) is 0 Å². The van der Waals surface area contributed by atoms with Crippen LogP contribution in [0.15, 0.2) is 218 Å². The normalized spacial score (nSPS) is 14.5. The van der Waals surface area contributed by atoms with Crippen LogP contribution in [0.2, 0.25) is 0 Å². The summed E-state index contributed by atoms with van der Waals surface area (Å²) < 4.78 is 0. The van der Waals surface area contributed by atoms with Crippen LogP contribution < -0.4 is 4.90 Å². The Kier molecular flexibility index (Phi) is 7.69. The minimum Gasteiger partial charge on any atom is -0.310 e. The summed E-state index contributed by atoms with van der Waals surface area (Å²) in [5, 5.41) is 7.40. The van der Waals surface area contributed by atoms with Gasteiger partial charge in [0, 0.05) is 22.2 Å². The molecule has 10 aromatic rings. The lowest BCUT2D eigenvalue weighted by Crippen LogP contribution is -2.22. The summed E-state index contributed by atoms with van der Waals surface area (Å²) in [5.41, 5.74) is 14.6. The number of anilines is 3. The van der Waals surface area contributed by atoms with Crippen LogP contribution in [-0.4, -0.2) is 0 Å². The van der Waals surface area contributed by atoms with Gasteiger partial charge in [-0.05, 0) is 114 Å². The summed E-state index contributed by atoms with van der Waals surface area (Å²) >= 11 is 0. The minimum atomic E-state index is -0.318. The van der Waals surface area contributed by atoms with Gasteiger partial charge in [-0.1, -0.05) is 188 Å². The van der Waals surface area contributed by atoms with Crippen LogP contribution in [0.3, 0.4) is 0 Å². The van der Waals surface area contributed by atoms with E-state index < -0.39 is 0 Å². The topological polar surface area (TPSA) is 3.24 Å². The maximum absolute atomic E-state index is 2.49. The van der Waals surface area contributed by atoms with Gasteiger partial charge in [0.2, 0.25) is 0 Å². The first-order valence-corrected chi connectivity index (χ1v) is 19.9. The fourth-order valence-corrected chi connectivity index (χ4v) is 9.66. The lowest BCUT2D eigenvalue weighted by molar-refractivity contribution is 0.714. The molecule has 1 nitrogen and oxygen atoms in total. The van der Waals surface area contributed by atoms with Crippen molar-refractivity contribution in [3.63, 3.8) is 0 Å². The van der Waals surface area contributed by atoms with E-state index in [2.05, 4.69) is 230 Å². The number of hydrogen-bond acceptors (Lipinski definition) is 1. The summed E-state index contributed by atoms with van der Waals surface area (Å²) in [6, 6.07) is 80.4. The van der Waals surface area contributed by atoms with Crippen LogP contribution in [0.4, 0.5) is 17.1 Å². The molecule has 268 valence electrons. The van der Waals surface area contributed by atoms with Crippen molar-refractivity contribution >= 4 is 49.4 Å². The largest absolute Gasteiger partial charge is 0.310 e. The fourth-order valence-electron chi connectivity index (χ4n) is 9.66. The van der Waals surface area contributed by atoms with Crippen LogP contribution in [-0.2, 0) is 5.41 Å². The maximum atomic E-state index is 2.49. The van der Waals surface area contributed by atoms with E-state index in [1.54, 1.807) is 0 Å². The summed E-state index contributed by atoms with van der Waals surface area (Å²) in [4.78, 5) is 2.49. The Hall–Kier alpha value is -7.22. The average molecular weight is 726 g/mol. The lowest BCUT2D eigenvalue weighted by atomic mass is 9.74. The quantitative estimate of drug-likeness (QED) is 0.154. The Labute approximate surface area is 333 Å². The molecule has 0 aliphatic heterocycles. The molecule has 0 saturated heterocycles. The molecule has 0 saturated carbocycles. The zero-order valence-electron chi connectivity index (χ0n) is 31.7. The summed E-state index contributed by atoms with van der Waals surface area (Å²) in [7, 11) is 0. The predicted molar refractivity (Wildman–Crippen MR) is 242 cm³/mol. The van der Waals surface area contributed by atoms with Gasteiger partial charge < -0.3 is 4.90 Å². The van der Waals surface area contributed by atoms with Crippen LogP contribution in [0.5, 0.6) is 0 Å². The molecular weight excluding hydrogens is 687 g/mol. The molecule has 57 heavy (non-hydrogen) atoms. The highest BCUT2D eigenvalue weighted by Gasteiger charge is 2.41. The molecule has 0 bridgehead atoms. The van der Waals surface area contributed by atoms with Crippen LogP contribution in [0, 0.1) is 0 Å². The van der Waals surface area contributed by atoms with E-state index in [0.717, 1.165) is 17.1 Å². The SMILES string of the molecule is CC1(c2ccccc2)c2ccccc2-c2ccc(N(c3ccc4c(c3)c(-c3ccccc3)c(-c3ccccc3)c3ccccc34)c3cccc4ccccc34)cc21. The first-order chi connectivity index (χ1) is 28.2. The third-order valence-corrected chi connectivity index (χ3v) is 12.3. The summed E-state index contributed by atoms with van der Waals surface area (Å²) in [6.07, 6.45) is 0. The van der Waals surface area contributed by atoms with Gasteiger partial charge >= 0.3 is 0 Å². The van der Waals surface area contributed by atoms with Crippen LogP contribution in [0.1, 0.15) is 23.6 Å². The van der Waals surface area contributed by atoms with Crippen molar-refractivity contribution in [2.75, 3.05) is 4.90 Å². The number of nitrogens with zero attached hydrogens (tertiary/aromatic N) is 1. The van der Waals surface area contributed by atoms with E-state index >= 15 is 0 Å². The van der Waals surface area contributed by atoms with Crippen molar-refractivity contribution in [3.05, 3.63) is 235 Å². The molecule has 1 unspecified atom stereocenters. The van der Waals surface area contributed by atoms with E-state index in [0.29, 0.717) is 0 Å². The van der Waals surface area contributed by atoms with Crippen LogP contribution in [0.25, 0.3) is 65.7 Å². The molecule has 0 aromatic heterocycles. The van der Waals surface area contributed by atoms with Crippen molar-refractivity contribution in [2.45, 2.75) is 12.3 Å². The fraction of sp³-hybridized carbons (Fsp3) is 0.0357. The zero-order chi connectivity index (χ0) is 37.9. The highest BCUT2D eigenvalue weighted by molar-refractivity contribution is 6.22. The van der Waals surface area contributed by atoms with E-state index in [4.69, 9.17) is 0 Å². The molecule has 0 spiro atoms. The second-order valence-electron chi connectivity index (χ2n) is 15.4. The van der Waals surface area contributed by atoms with Crippen molar-refractivity contribution in [1.29, 1.82) is 0 Å². The molecule has 1 heteroatoms. The predicted octanol–water partition coefficient (Wildman–Crippen LogP) is 15.3. The lowest BCUT2D eigenvalue weighted by Gasteiger charge is -2.31. The third-order valence-electron chi connectivity index (χ3n) is 12.3. The molecule has 0 amide bonds. The van der Waals surface area contributed by atoms with Gasteiger partial charge in [0.1, 0.15) is 0 Å². The van der Waals surface area contributed by atoms with E-state index in [-0.39, 0.29) is 5.41 Å². The number of rotatable bonds is 6. The number of fused-ring (bicyclic) bond motifs is 7. The van der Waals surface area contributed by atoms with Crippen molar-refractivity contribution in [2.24, 2.45) is 0 Å². The average Bonchev–Trinajstić information content (AvgIpc) is 3.55. The molecule has 10 aromatic carbocycles. The first kappa shape index (κ1) is 33.1. The molecule has 1 aliphatic carbocycles. The monoisotopic (exact) mass is 725 g/mol. The van der Waals surface area contributed by atoms with Gasteiger partial charge in [-0.15, -0.1) is 0 Å². The smallest absolute Gasteiger partial charge is 0.0540 e. The Morgan fingerprint density at radius 1 is 0.351 bits per heavy atom. The molecule has 11 rings (SSSR count). The van der Waals surface area contributed by atoms with E-state index in [9.17, 15) is 0 Å². The first-order valence-electron chi connectivity index (χ1n) is 19.9. The van der Waals surface area contributed by atoms with Crippen molar-refractivity contribution < 1.29 is 0 Å². The Morgan fingerprint density at radius 3 is 1.63 bits per heavy atom. The minimum absolute atomic E-state index is 0.318. The van der Waals surface area contributed by atoms with Crippen molar-refractivity contribution in [3.8, 4) is 33.4 Å². The highest BCUT2D eigenvalue weighted by atomic mass is 15.1.